The van der Waals surface area contributed by atoms with Crippen molar-refractivity contribution < 1.29 is 18.7 Å². The Balaban J connectivity index is 2.19. The normalized spacial score (nSPS) is 9.81. The first kappa shape index (κ1) is 12.3. The lowest BCUT2D eigenvalue weighted by atomic mass is 10.4. The Hall–Kier alpha value is -1.82. The average Bonchev–Trinajstić information content (AvgIpc) is 2.79. The van der Waals surface area contributed by atoms with Crippen molar-refractivity contribution in [2.24, 2.45) is 0 Å². The standard InChI is InChI=1S/C10H14N2O4/c1-15-6-4-11-9(13)7-12-10(14)8-3-2-5-16-8/h2-3,5H,4,6-7H2,1H3,(H,11,13)(H,12,14). The number of nitrogens with one attached hydrogen (secondary N) is 2. The van der Waals surface area contributed by atoms with Crippen molar-refractivity contribution in [3.63, 3.8) is 0 Å². The molecule has 0 fully saturated rings. The zero-order valence-corrected chi connectivity index (χ0v) is 8.99. The van der Waals surface area contributed by atoms with Crippen LogP contribution in [0.25, 0.3) is 0 Å². The van der Waals surface area contributed by atoms with Crippen LogP contribution in [0.3, 0.4) is 0 Å². The molecule has 0 aliphatic heterocycles. The number of hydrogen-bond acceptors (Lipinski definition) is 4. The third-order valence-electron chi connectivity index (χ3n) is 1.78. The van der Waals surface area contributed by atoms with Crippen molar-refractivity contribution in [3.05, 3.63) is 24.2 Å². The third kappa shape index (κ3) is 4.14. The maximum atomic E-state index is 11.3. The molecule has 88 valence electrons. The SMILES string of the molecule is COCCNC(=O)CNC(=O)c1ccco1. The first-order valence-corrected chi connectivity index (χ1v) is 4.81. The second-order valence-corrected chi connectivity index (χ2v) is 3.00. The number of carbonyl (C=O) groups excluding carboxylic acids is 2. The molecule has 6 nitrogen and oxygen atoms in total. The Labute approximate surface area is 93.0 Å². The fraction of sp³-hybridized carbons (Fsp3) is 0.400. The molecule has 2 amide bonds. The summed E-state index contributed by atoms with van der Waals surface area (Å²) >= 11 is 0. The molecule has 1 heterocycles. The van der Waals surface area contributed by atoms with Crippen LogP contribution in [-0.2, 0) is 9.53 Å². The highest BCUT2D eigenvalue weighted by molar-refractivity contribution is 5.94. The van der Waals surface area contributed by atoms with Crippen LogP contribution in [-0.4, -0.2) is 38.6 Å². The van der Waals surface area contributed by atoms with Crippen LogP contribution in [0, 0.1) is 0 Å². The van der Waals surface area contributed by atoms with Crippen molar-refractivity contribution in [2.45, 2.75) is 0 Å². The summed E-state index contributed by atoms with van der Waals surface area (Å²) < 4.78 is 9.62. The molecule has 2 N–H and O–H groups in total. The van der Waals surface area contributed by atoms with Gasteiger partial charge in [-0.3, -0.25) is 9.59 Å². The minimum Gasteiger partial charge on any atom is -0.459 e. The van der Waals surface area contributed by atoms with E-state index < -0.39 is 5.91 Å². The minimum atomic E-state index is -0.410. The molecule has 0 bridgehead atoms. The molecular weight excluding hydrogens is 212 g/mol. The van der Waals surface area contributed by atoms with E-state index in [1.807, 2.05) is 0 Å². The number of methoxy groups -OCH3 is 1. The molecule has 16 heavy (non-hydrogen) atoms. The molecule has 0 saturated carbocycles. The Kier molecular flexibility index (Phi) is 5.07. The van der Waals surface area contributed by atoms with Crippen LogP contribution < -0.4 is 10.6 Å². The highest BCUT2D eigenvalue weighted by Crippen LogP contribution is 1.98. The number of rotatable bonds is 6. The molecule has 6 heteroatoms. The summed E-state index contributed by atoms with van der Waals surface area (Å²) in [5.74, 6) is -0.492. The van der Waals surface area contributed by atoms with Gasteiger partial charge in [-0.05, 0) is 12.1 Å². The topological polar surface area (TPSA) is 80.6 Å². The molecule has 0 aliphatic rings. The lowest BCUT2D eigenvalue weighted by molar-refractivity contribution is -0.120. The predicted molar refractivity (Wildman–Crippen MR) is 55.9 cm³/mol. The fourth-order valence-corrected chi connectivity index (χ4v) is 1.01. The number of ether oxygens (including phenoxy) is 1. The van der Waals surface area contributed by atoms with E-state index in [-0.39, 0.29) is 18.2 Å². The van der Waals surface area contributed by atoms with Crippen LogP contribution in [0.1, 0.15) is 10.6 Å². The van der Waals surface area contributed by atoms with E-state index in [0.717, 1.165) is 0 Å². The lowest BCUT2D eigenvalue weighted by Gasteiger charge is -2.04. The largest absolute Gasteiger partial charge is 0.459 e. The van der Waals surface area contributed by atoms with Gasteiger partial charge in [0.2, 0.25) is 5.91 Å². The lowest BCUT2D eigenvalue weighted by Crippen LogP contribution is -2.38. The Morgan fingerprint density at radius 1 is 1.44 bits per heavy atom. The van der Waals surface area contributed by atoms with E-state index >= 15 is 0 Å². The van der Waals surface area contributed by atoms with E-state index in [9.17, 15) is 9.59 Å². The molecule has 0 atom stereocenters. The molecular formula is C10H14N2O4. The maximum absolute atomic E-state index is 11.3. The van der Waals surface area contributed by atoms with Crippen molar-refractivity contribution in [3.8, 4) is 0 Å². The Morgan fingerprint density at radius 3 is 2.88 bits per heavy atom. The van der Waals surface area contributed by atoms with Crippen LogP contribution in [0.15, 0.2) is 22.8 Å². The second kappa shape index (κ2) is 6.62. The number of amides is 2. The van der Waals surface area contributed by atoms with E-state index in [2.05, 4.69) is 10.6 Å². The monoisotopic (exact) mass is 226 g/mol. The van der Waals surface area contributed by atoms with Gasteiger partial charge in [0.1, 0.15) is 0 Å². The number of carbonyl (C=O) groups is 2. The van der Waals surface area contributed by atoms with Gasteiger partial charge in [-0.2, -0.15) is 0 Å². The highest BCUT2D eigenvalue weighted by Gasteiger charge is 2.09. The summed E-state index contributed by atoms with van der Waals surface area (Å²) in [6.45, 7) is 0.785. The summed E-state index contributed by atoms with van der Waals surface area (Å²) in [6.07, 6.45) is 1.40. The summed E-state index contributed by atoms with van der Waals surface area (Å²) in [5, 5.41) is 5.00. The van der Waals surface area contributed by atoms with Gasteiger partial charge in [0, 0.05) is 13.7 Å². The van der Waals surface area contributed by atoms with E-state index in [1.165, 1.54) is 12.3 Å². The van der Waals surface area contributed by atoms with Gasteiger partial charge >= 0.3 is 0 Å². The van der Waals surface area contributed by atoms with Crippen molar-refractivity contribution in [1.29, 1.82) is 0 Å². The van der Waals surface area contributed by atoms with Crippen LogP contribution >= 0.6 is 0 Å². The molecule has 0 spiro atoms. The van der Waals surface area contributed by atoms with Crippen molar-refractivity contribution in [1.82, 2.24) is 10.6 Å². The highest BCUT2D eigenvalue weighted by atomic mass is 16.5. The predicted octanol–water partition coefficient (Wildman–Crippen LogP) is -0.228. The quantitative estimate of drug-likeness (QED) is 0.657. The molecule has 1 aromatic rings. The van der Waals surface area contributed by atoms with Crippen molar-refractivity contribution >= 4 is 11.8 Å². The zero-order valence-electron chi connectivity index (χ0n) is 8.99. The van der Waals surface area contributed by atoms with Crippen LogP contribution in [0.5, 0.6) is 0 Å². The molecule has 0 radical (unpaired) electrons. The zero-order chi connectivity index (χ0) is 11.8. The van der Waals surface area contributed by atoms with Crippen LogP contribution in [0.4, 0.5) is 0 Å². The average molecular weight is 226 g/mol. The van der Waals surface area contributed by atoms with E-state index in [0.29, 0.717) is 13.2 Å². The van der Waals surface area contributed by atoms with E-state index in [1.54, 1.807) is 13.2 Å². The molecule has 0 aromatic carbocycles. The van der Waals surface area contributed by atoms with E-state index in [4.69, 9.17) is 9.15 Å². The number of furan rings is 1. The molecule has 0 aliphatic carbocycles. The maximum Gasteiger partial charge on any atom is 0.287 e. The molecule has 1 rings (SSSR count). The smallest absolute Gasteiger partial charge is 0.287 e. The van der Waals surface area contributed by atoms with Gasteiger partial charge in [-0.15, -0.1) is 0 Å². The third-order valence-corrected chi connectivity index (χ3v) is 1.78. The fourth-order valence-electron chi connectivity index (χ4n) is 1.01. The summed E-state index contributed by atoms with van der Waals surface area (Å²) in [5.41, 5.74) is 0. The summed E-state index contributed by atoms with van der Waals surface area (Å²) in [6, 6.07) is 3.13. The van der Waals surface area contributed by atoms with Gasteiger partial charge in [0.25, 0.3) is 5.91 Å². The minimum absolute atomic E-state index is 0.0801. The molecule has 0 saturated heterocycles. The Bertz CT molecular complexity index is 335. The second-order valence-electron chi connectivity index (χ2n) is 3.00. The Morgan fingerprint density at radius 2 is 2.25 bits per heavy atom. The molecule has 0 unspecified atom stereocenters. The van der Waals surface area contributed by atoms with Gasteiger partial charge in [0.05, 0.1) is 19.4 Å². The first-order valence-electron chi connectivity index (χ1n) is 4.81. The summed E-state index contributed by atoms with van der Waals surface area (Å²) in [4.78, 5) is 22.5. The van der Waals surface area contributed by atoms with Gasteiger partial charge in [0.15, 0.2) is 5.76 Å². The number of hydrogen-bond donors (Lipinski definition) is 2. The summed E-state index contributed by atoms with van der Waals surface area (Å²) in [7, 11) is 1.55. The molecule has 1 aromatic heterocycles. The van der Waals surface area contributed by atoms with Gasteiger partial charge in [-0.1, -0.05) is 0 Å². The first-order chi connectivity index (χ1) is 7.74. The van der Waals surface area contributed by atoms with Crippen molar-refractivity contribution in [2.75, 3.05) is 26.8 Å². The van der Waals surface area contributed by atoms with Crippen LogP contribution in [0.2, 0.25) is 0 Å². The van der Waals surface area contributed by atoms with Gasteiger partial charge < -0.3 is 19.8 Å². The van der Waals surface area contributed by atoms with Gasteiger partial charge in [-0.25, -0.2) is 0 Å².